The smallest absolute Gasteiger partial charge is 0.497 e. The van der Waals surface area contributed by atoms with Crippen LogP contribution in [0.3, 0.4) is 0 Å². The molecule has 0 fully saturated rings. The quantitative estimate of drug-likeness (QED) is 0.351. The van der Waals surface area contributed by atoms with Gasteiger partial charge >= 0.3 is 31.1 Å². The maximum Gasteiger partial charge on any atom is 2.00 e. The summed E-state index contributed by atoms with van der Waals surface area (Å²) in [7, 11) is 3.23. The first-order chi connectivity index (χ1) is 13.9. The summed E-state index contributed by atoms with van der Waals surface area (Å²) >= 11 is 0. The fourth-order valence-corrected chi connectivity index (χ4v) is 2.54. The van der Waals surface area contributed by atoms with Crippen molar-refractivity contribution in [1.29, 1.82) is 0 Å². The van der Waals surface area contributed by atoms with E-state index in [1.54, 1.807) is 50.6 Å². The number of hydrogen-bond acceptors (Lipinski definition) is 3. The average Bonchev–Trinajstić information content (AvgIpc) is 2.73. The Labute approximate surface area is 203 Å². The Kier molecular flexibility index (Phi) is 11.3. The van der Waals surface area contributed by atoms with E-state index in [0.717, 1.165) is 22.6 Å². The molecule has 0 saturated heterocycles. The van der Waals surface area contributed by atoms with E-state index in [-0.39, 0.29) is 37.0 Å². The van der Waals surface area contributed by atoms with Crippen LogP contribution in [0.25, 0.3) is 11.1 Å². The number of hydrogen-bond donors (Lipinski definition) is 1. The standard InChI is InChI=1S/C21H18NO3.C4H9.U/c1-24-18-10-6-7-15(13-18)19-14-16(11-12-20(19)25-2)21(23)22-17-8-4-3-5-9-17;1-4(2)3;/h4-14H,1-2H3,(H,22,23);1-3H3;/q2*-1;+2. The number of anilines is 1. The monoisotopic (exact) mass is 627 g/mol. The fourth-order valence-electron chi connectivity index (χ4n) is 2.54. The molecule has 5 heteroatoms. The summed E-state index contributed by atoms with van der Waals surface area (Å²) in [5.74, 6) is 2.67. The van der Waals surface area contributed by atoms with Gasteiger partial charge < -0.3 is 20.7 Å². The van der Waals surface area contributed by atoms with Crippen LogP contribution >= 0.6 is 0 Å². The van der Waals surface area contributed by atoms with Crippen molar-refractivity contribution in [2.24, 2.45) is 0 Å². The maximum atomic E-state index is 12.5. The molecule has 0 spiro atoms. The van der Waals surface area contributed by atoms with E-state index in [1.165, 1.54) is 5.92 Å². The first kappa shape index (κ1) is 25.8. The van der Waals surface area contributed by atoms with Gasteiger partial charge in [0.25, 0.3) is 5.91 Å². The van der Waals surface area contributed by atoms with E-state index in [9.17, 15) is 4.79 Å². The van der Waals surface area contributed by atoms with Crippen LogP contribution < -0.4 is 14.8 Å². The first-order valence-electron chi connectivity index (χ1n) is 9.31. The summed E-state index contributed by atoms with van der Waals surface area (Å²) in [6, 6.07) is 23.0. The number of ether oxygens (including phenoxy) is 2. The molecule has 30 heavy (non-hydrogen) atoms. The van der Waals surface area contributed by atoms with Crippen LogP contribution in [0.1, 0.15) is 31.1 Å². The number of carbonyl (C=O) groups is 1. The van der Waals surface area contributed by atoms with Crippen molar-refractivity contribution in [3.63, 3.8) is 0 Å². The van der Waals surface area contributed by atoms with Crippen molar-refractivity contribution in [3.05, 3.63) is 84.3 Å². The molecule has 4 nitrogen and oxygen atoms in total. The van der Waals surface area contributed by atoms with E-state index >= 15 is 0 Å². The third kappa shape index (κ3) is 7.90. The van der Waals surface area contributed by atoms with Crippen molar-refractivity contribution < 1.29 is 45.4 Å². The molecular weight excluding hydrogens is 600 g/mol. The Hall–Kier alpha value is -2.22. The largest absolute Gasteiger partial charge is 2.00 e. The molecule has 1 N–H and O–H groups in total. The number of nitrogens with one attached hydrogen (secondary N) is 1. The SMILES string of the molecule is COc1cccc(-c2cc(C(=O)Nc3cc[c-]cc3)ccc2OC)c1.C[C-](C)C.[U+2]. The predicted molar refractivity (Wildman–Crippen MR) is 118 cm³/mol. The molecule has 0 aliphatic heterocycles. The number of amides is 1. The Morgan fingerprint density at radius 2 is 1.60 bits per heavy atom. The van der Waals surface area contributed by atoms with Crippen molar-refractivity contribution in [2.75, 3.05) is 19.5 Å². The Morgan fingerprint density at radius 1 is 0.933 bits per heavy atom. The second-order valence-corrected chi connectivity index (χ2v) is 6.89. The van der Waals surface area contributed by atoms with Gasteiger partial charge in [0.05, 0.1) is 14.2 Å². The summed E-state index contributed by atoms with van der Waals surface area (Å²) in [6.07, 6.45) is 0. The van der Waals surface area contributed by atoms with Crippen LogP contribution in [0.4, 0.5) is 5.69 Å². The topological polar surface area (TPSA) is 47.6 Å². The minimum atomic E-state index is -0.182. The molecule has 0 aliphatic rings. The zero-order valence-electron chi connectivity index (χ0n) is 18.1. The third-order valence-corrected chi connectivity index (χ3v) is 3.82. The van der Waals surface area contributed by atoms with Crippen molar-refractivity contribution in [2.45, 2.75) is 20.8 Å². The zero-order valence-corrected chi connectivity index (χ0v) is 22.2. The number of methoxy groups -OCH3 is 2. The normalized spacial score (nSPS) is 9.67. The Bertz CT molecular complexity index is 924. The van der Waals surface area contributed by atoms with Gasteiger partial charge in [-0.15, -0.1) is 12.1 Å². The Balaban J connectivity index is 0.000000827. The van der Waals surface area contributed by atoms with E-state index in [4.69, 9.17) is 9.47 Å². The minimum absolute atomic E-state index is 0. The zero-order chi connectivity index (χ0) is 21.2. The van der Waals surface area contributed by atoms with Gasteiger partial charge in [-0.25, -0.2) is 0 Å². The van der Waals surface area contributed by atoms with Crippen LogP contribution in [0.5, 0.6) is 11.5 Å². The molecule has 0 bridgehead atoms. The van der Waals surface area contributed by atoms with Gasteiger partial charge in [-0.1, -0.05) is 17.8 Å². The molecule has 0 heterocycles. The van der Waals surface area contributed by atoms with Gasteiger partial charge in [-0.2, -0.15) is 39.0 Å². The molecule has 0 aliphatic carbocycles. The molecule has 1 amide bonds. The van der Waals surface area contributed by atoms with Crippen LogP contribution in [0.15, 0.2) is 66.7 Å². The first-order valence-corrected chi connectivity index (χ1v) is 9.31. The second-order valence-electron chi connectivity index (χ2n) is 6.89. The summed E-state index contributed by atoms with van der Waals surface area (Å²) in [5, 5.41) is 2.87. The van der Waals surface area contributed by atoms with E-state index in [2.05, 4.69) is 32.2 Å². The third-order valence-electron chi connectivity index (χ3n) is 3.82. The summed E-state index contributed by atoms with van der Waals surface area (Å²) in [5.41, 5.74) is 3.02. The molecule has 0 aromatic heterocycles. The number of rotatable bonds is 5. The average molecular weight is 628 g/mol. The fraction of sp³-hybridized carbons (Fsp3) is 0.200. The van der Waals surface area contributed by atoms with Crippen LogP contribution in [-0.2, 0) is 0 Å². The molecular formula is C25H27NO3U. The van der Waals surface area contributed by atoms with E-state index in [0.29, 0.717) is 11.3 Å². The maximum absolute atomic E-state index is 12.5. The summed E-state index contributed by atoms with van der Waals surface area (Å²) < 4.78 is 10.7. The van der Waals surface area contributed by atoms with Gasteiger partial charge in [0.15, 0.2) is 0 Å². The molecule has 3 aromatic carbocycles. The van der Waals surface area contributed by atoms with Gasteiger partial charge in [0.1, 0.15) is 11.5 Å². The van der Waals surface area contributed by atoms with Gasteiger partial charge in [-0.3, -0.25) is 4.79 Å². The molecule has 0 unspecified atom stereocenters. The van der Waals surface area contributed by atoms with Gasteiger partial charge in [0, 0.05) is 11.1 Å². The number of carbonyl (C=O) groups excluding carboxylic acids is 1. The Morgan fingerprint density at radius 3 is 2.20 bits per heavy atom. The summed E-state index contributed by atoms with van der Waals surface area (Å²) in [4.78, 5) is 12.5. The molecule has 154 valence electrons. The molecule has 0 atom stereocenters. The molecule has 3 aromatic rings. The minimum Gasteiger partial charge on any atom is -0.497 e. The molecule has 0 radical (unpaired) electrons. The van der Waals surface area contributed by atoms with E-state index < -0.39 is 0 Å². The van der Waals surface area contributed by atoms with Gasteiger partial charge in [0.2, 0.25) is 0 Å². The van der Waals surface area contributed by atoms with Crippen molar-refractivity contribution >= 4 is 11.6 Å². The van der Waals surface area contributed by atoms with Crippen molar-refractivity contribution in [1.82, 2.24) is 0 Å². The number of benzene rings is 3. The molecule has 3 rings (SSSR count). The molecule has 0 saturated carbocycles. The summed E-state index contributed by atoms with van der Waals surface area (Å²) in [6.45, 7) is 6.25. The van der Waals surface area contributed by atoms with Crippen LogP contribution in [0, 0.1) is 43.1 Å². The van der Waals surface area contributed by atoms with Crippen LogP contribution in [0.2, 0.25) is 0 Å². The predicted octanol–water partition coefficient (Wildman–Crippen LogP) is 6.04. The van der Waals surface area contributed by atoms with Gasteiger partial charge in [-0.05, 0) is 35.9 Å². The van der Waals surface area contributed by atoms with Crippen molar-refractivity contribution in [3.8, 4) is 22.6 Å². The second kappa shape index (κ2) is 13.2. The van der Waals surface area contributed by atoms with E-state index in [1.807, 2.05) is 30.3 Å². The van der Waals surface area contributed by atoms with Crippen LogP contribution in [-0.4, -0.2) is 20.1 Å².